The van der Waals surface area contributed by atoms with Crippen LogP contribution in [0.4, 0.5) is 0 Å². The number of aromatic hydroxyl groups is 2. The Balaban J connectivity index is 2.15. The molecule has 0 aliphatic carbocycles. The maximum atomic E-state index is 12.1. The number of phenols is 2. The number of hydrogen-bond donors (Lipinski definition) is 3. The SMILES string of the molecule is COC(=O)c1ccc(C(=O)NCc2ccc(C)cc2)c(O)c1O. The van der Waals surface area contributed by atoms with Gasteiger partial charge in [-0.3, -0.25) is 4.79 Å². The Hall–Kier alpha value is -3.02. The van der Waals surface area contributed by atoms with Crippen molar-refractivity contribution >= 4 is 11.9 Å². The highest BCUT2D eigenvalue weighted by Gasteiger charge is 2.21. The molecule has 6 heteroatoms. The van der Waals surface area contributed by atoms with Gasteiger partial charge in [0.2, 0.25) is 0 Å². The first-order valence-corrected chi connectivity index (χ1v) is 6.91. The van der Waals surface area contributed by atoms with E-state index in [1.165, 1.54) is 12.1 Å². The van der Waals surface area contributed by atoms with E-state index in [1.54, 1.807) is 0 Å². The molecule has 0 spiro atoms. The number of esters is 1. The van der Waals surface area contributed by atoms with Crippen LogP contribution in [0.2, 0.25) is 0 Å². The van der Waals surface area contributed by atoms with E-state index in [0.29, 0.717) is 0 Å². The second-order valence-electron chi connectivity index (χ2n) is 5.02. The lowest BCUT2D eigenvalue weighted by molar-refractivity contribution is 0.0596. The van der Waals surface area contributed by atoms with Crippen LogP contribution in [-0.4, -0.2) is 29.2 Å². The van der Waals surface area contributed by atoms with Crippen LogP contribution in [-0.2, 0) is 11.3 Å². The number of carbonyl (C=O) groups excluding carboxylic acids is 2. The van der Waals surface area contributed by atoms with Gasteiger partial charge in [0.25, 0.3) is 5.91 Å². The summed E-state index contributed by atoms with van der Waals surface area (Å²) in [6, 6.07) is 10.1. The van der Waals surface area contributed by atoms with Crippen LogP contribution in [0.25, 0.3) is 0 Å². The van der Waals surface area contributed by atoms with Crippen LogP contribution in [0.3, 0.4) is 0 Å². The molecule has 0 heterocycles. The lowest BCUT2D eigenvalue weighted by atomic mass is 10.1. The lowest BCUT2D eigenvalue weighted by Gasteiger charge is -2.10. The van der Waals surface area contributed by atoms with E-state index in [1.807, 2.05) is 31.2 Å². The molecule has 120 valence electrons. The van der Waals surface area contributed by atoms with Crippen LogP contribution in [0.15, 0.2) is 36.4 Å². The van der Waals surface area contributed by atoms with Gasteiger partial charge in [-0.25, -0.2) is 4.79 Å². The number of amides is 1. The molecule has 23 heavy (non-hydrogen) atoms. The molecule has 0 radical (unpaired) electrons. The minimum absolute atomic E-state index is 0.123. The van der Waals surface area contributed by atoms with Gasteiger partial charge in [-0.05, 0) is 24.6 Å². The Morgan fingerprint density at radius 2 is 1.57 bits per heavy atom. The largest absolute Gasteiger partial charge is 0.504 e. The van der Waals surface area contributed by atoms with Crippen molar-refractivity contribution in [3.8, 4) is 11.5 Å². The molecule has 0 bridgehead atoms. The molecule has 0 unspecified atom stereocenters. The van der Waals surface area contributed by atoms with Crippen LogP contribution in [0, 0.1) is 6.92 Å². The summed E-state index contributed by atoms with van der Waals surface area (Å²) in [7, 11) is 1.15. The first-order valence-electron chi connectivity index (χ1n) is 6.91. The molecule has 0 fully saturated rings. The Bertz CT molecular complexity index is 737. The Morgan fingerprint density at radius 1 is 1.00 bits per heavy atom. The zero-order valence-corrected chi connectivity index (χ0v) is 12.8. The van der Waals surface area contributed by atoms with Crippen molar-refractivity contribution in [2.45, 2.75) is 13.5 Å². The summed E-state index contributed by atoms with van der Waals surface area (Å²) in [5.74, 6) is -2.70. The average Bonchev–Trinajstić information content (AvgIpc) is 2.55. The molecule has 1 amide bonds. The summed E-state index contributed by atoms with van der Waals surface area (Å²) in [5, 5.41) is 22.4. The summed E-state index contributed by atoms with van der Waals surface area (Å²) in [5.41, 5.74) is 1.68. The van der Waals surface area contributed by atoms with Gasteiger partial charge in [-0.2, -0.15) is 0 Å². The van der Waals surface area contributed by atoms with Gasteiger partial charge in [-0.15, -0.1) is 0 Å². The Labute approximate surface area is 133 Å². The van der Waals surface area contributed by atoms with E-state index in [4.69, 9.17) is 0 Å². The van der Waals surface area contributed by atoms with Crippen LogP contribution in [0.5, 0.6) is 11.5 Å². The summed E-state index contributed by atoms with van der Waals surface area (Å²) in [4.78, 5) is 23.5. The number of ether oxygens (including phenoxy) is 1. The van der Waals surface area contributed by atoms with Crippen molar-refractivity contribution in [1.82, 2.24) is 5.32 Å². The molecule has 0 aromatic heterocycles. The fraction of sp³-hybridized carbons (Fsp3) is 0.176. The summed E-state index contributed by atoms with van der Waals surface area (Å²) in [6.45, 7) is 2.24. The third-order valence-electron chi connectivity index (χ3n) is 3.37. The summed E-state index contributed by atoms with van der Waals surface area (Å²) < 4.78 is 4.48. The topological polar surface area (TPSA) is 95.9 Å². The summed E-state index contributed by atoms with van der Waals surface area (Å²) >= 11 is 0. The van der Waals surface area contributed by atoms with Gasteiger partial charge in [0, 0.05) is 6.54 Å². The molecule has 0 saturated heterocycles. The Kier molecular flexibility index (Phi) is 4.85. The molecule has 0 atom stereocenters. The van der Waals surface area contributed by atoms with E-state index < -0.39 is 23.4 Å². The van der Waals surface area contributed by atoms with Crippen LogP contribution < -0.4 is 5.32 Å². The first kappa shape index (κ1) is 16.4. The Morgan fingerprint density at radius 3 is 2.17 bits per heavy atom. The normalized spacial score (nSPS) is 10.2. The monoisotopic (exact) mass is 315 g/mol. The third kappa shape index (κ3) is 3.60. The molecule has 2 rings (SSSR count). The molecule has 2 aromatic carbocycles. The average molecular weight is 315 g/mol. The first-order chi connectivity index (χ1) is 10.9. The molecule has 2 aromatic rings. The molecular formula is C17H17NO5. The molecule has 0 saturated carbocycles. The number of nitrogens with one attached hydrogen (secondary N) is 1. The number of rotatable bonds is 4. The molecule has 3 N–H and O–H groups in total. The van der Waals surface area contributed by atoms with Gasteiger partial charge in [-0.1, -0.05) is 29.8 Å². The van der Waals surface area contributed by atoms with Gasteiger partial charge in [0.1, 0.15) is 5.56 Å². The lowest BCUT2D eigenvalue weighted by Crippen LogP contribution is -2.23. The molecular weight excluding hydrogens is 298 g/mol. The number of phenolic OH excluding ortho intramolecular Hbond substituents is 2. The molecule has 6 nitrogen and oxygen atoms in total. The third-order valence-corrected chi connectivity index (χ3v) is 3.37. The fourth-order valence-corrected chi connectivity index (χ4v) is 2.02. The maximum Gasteiger partial charge on any atom is 0.341 e. The van der Waals surface area contributed by atoms with E-state index in [9.17, 15) is 19.8 Å². The highest BCUT2D eigenvalue weighted by Crippen LogP contribution is 2.33. The van der Waals surface area contributed by atoms with Crippen molar-refractivity contribution in [1.29, 1.82) is 0 Å². The number of carbonyl (C=O) groups is 2. The number of aryl methyl sites for hydroxylation is 1. The van der Waals surface area contributed by atoms with E-state index in [-0.39, 0.29) is 17.7 Å². The molecule has 0 aliphatic rings. The van der Waals surface area contributed by atoms with Crippen molar-refractivity contribution in [3.63, 3.8) is 0 Å². The smallest absolute Gasteiger partial charge is 0.341 e. The number of benzene rings is 2. The molecule has 0 aliphatic heterocycles. The number of methoxy groups -OCH3 is 1. The summed E-state index contributed by atoms with van der Waals surface area (Å²) in [6.07, 6.45) is 0. The predicted molar refractivity (Wildman–Crippen MR) is 83.5 cm³/mol. The van der Waals surface area contributed by atoms with E-state index in [0.717, 1.165) is 18.2 Å². The van der Waals surface area contributed by atoms with E-state index >= 15 is 0 Å². The zero-order valence-electron chi connectivity index (χ0n) is 12.8. The van der Waals surface area contributed by atoms with Crippen molar-refractivity contribution in [3.05, 3.63) is 58.7 Å². The zero-order chi connectivity index (χ0) is 17.0. The number of hydrogen-bond acceptors (Lipinski definition) is 5. The van der Waals surface area contributed by atoms with Gasteiger partial charge in [0.15, 0.2) is 11.5 Å². The second-order valence-corrected chi connectivity index (χ2v) is 5.02. The highest BCUT2D eigenvalue weighted by molar-refractivity contribution is 6.01. The van der Waals surface area contributed by atoms with Gasteiger partial charge >= 0.3 is 5.97 Å². The minimum Gasteiger partial charge on any atom is -0.504 e. The maximum absolute atomic E-state index is 12.1. The fourth-order valence-electron chi connectivity index (χ4n) is 2.02. The van der Waals surface area contributed by atoms with Crippen molar-refractivity contribution < 1.29 is 24.5 Å². The van der Waals surface area contributed by atoms with Gasteiger partial charge < -0.3 is 20.3 Å². The van der Waals surface area contributed by atoms with Crippen molar-refractivity contribution in [2.75, 3.05) is 7.11 Å². The van der Waals surface area contributed by atoms with E-state index in [2.05, 4.69) is 10.1 Å². The van der Waals surface area contributed by atoms with Crippen LogP contribution >= 0.6 is 0 Å². The minimum atomic E-state index is -0.801. The van der Waals surface area contributed by atoms with Gasteiger partial charge in [0.05, 0.1) is 12.7 Å². The standard InChI is InChI=1S/C17H17NO5/c1-10-3-5-11(6-4-10)9-18-16(21)12-7-8-13(17(22)23-2)15(20)14(12)19/h3-8,19-20H,9H2,1-2H3,(H,18,21). The van der Waals surface area contributed by atoms with Crippen LogP contribution in [0.1, 0.15) is 31.8 Å². The second kappa shape index (κ2) is 6.83. The highest BCUT2D eigenvalue weighted by atomic mass is 16.5. The van der Waals surface area contributed by atoms with Crippen molar-refractivity contribution in [2.24, 2.45) is 0 Å². The predicted octanol–water partition coefficient (Wildman–Crippen LogP) is 2.12. The quantitative estimate of drug-likeness (QED) is 0.593.